The van der Waals surface area contributed by atoms with Gasteiger partial charge in [0.15, 0.2) is 0 Å². The molecule has 2 aromatic carbocycles. The molecule has 0 unspecified atom stereocenters. The van der Waals surface area contributed by atoms with E-state index in [9.17, 15) is 0 Å². The number of rotatable bonds is 0. The molecule has 3 heteroatoms. The molecular formula is C22H13N3. The predicted molar refractivity (Wildman–Crippen MR) is 103 cm³/mol. The quantitative estimate of drug-likeness (QED) is 0.279. The highest BCUT2D eigenvalue weighted by Crippen LogP contribution is 2.34. The Bertz CT molecular complexity index is 1440. The Kier molecular flexibility index (Phi) is 2.35. The number of fused-ring (bicyclic) bond motifs is 9. The average Bonchev–Trinajstić information content (AvgIpc) is 3.07. The Morgan fingerprint density at radius 2 is 1.52 bits per heavy atom. The van der Waals surface area contributed by atoms with Crippen LogP contribution in [0.3, 0.4) is 0 Å². The van der Waals surface area contributed by atoms with Gasteiger partial charge in [0.05, 0.1) is 16.6 Å². The summed E-state index contributed by atoms with van der Waals surface area (Å²) >= 11 is 0. The minimum atomic E-state index is 0.948. The van der Waals surface area contributed by atoms with E-state index in [0.29, 0.717) is 0 Å². The molecule has 3 nitrogen and oxygen atoms in total. The van der Waals surface area contributed by atoms with Gasteiger partial charge in [-0.2, -0.15) is 0 Å². The van der Waals surface area contributed by atoms with Crippen molar-refractivity contribution in [3.05, 3.63) is 79.1 Å². The molecule has 116 valence electrons. The van der Waals surface area contributed by atoms with Crippen molar-refractivity contribution in [2.45, 2.75) is 0 Å². The molecule has 0 N–H and O–H groups in total. The molecule has 4 aromatic heterocycles. The molecule has 0 amide bonds. The highest BCUT2D eigenvalue weighted by atomic mass is 15.0. The van der Waals surface area contributed by atoms with Gasteiger partial charge in [-0.25, -0.2) is 9.97 Å². The van der Waals surface area contributed by atoms with E-state index in [1.54, 1.807) is 0 Å². The minimum absolute atomic E-state index is 0.948. The summed E-state index contributed by atoms with van der Waals surface area (Å²) in [5, 5.41) is 5.86. The van der Waals surface area contributed by atoms with Crippen LogP contribution in [0.25, 0.3) is 49.1 Å². The van der Waals surface area contributed by atoms with Crippen molar-refractivity contribution in [3.63, 3.8) is 0 Å². The molecule has 0 aliphatic carbocycles. The van der Waals surface area contributed by atoms with Crippen LogP contribution in [-0.2, 0) is 0 Å². The van der Waals surface area contributed by atoms with Gasteiger partial charge in [0.25, 0.3) is 0 Å². The second-order valence-electron chi connectivity index (χ2n) is 6.39. The number of benzene rings is 2. The van der Waals surface area contributed by atoms with Gasteiger partial charge in [0.1, 0.15) is 5.65 Å². The van der Waals surface area contributed by atoms with Crippen LogP contribution < -0.4 is 0 Å². The second-order valence-corrected chi connectivity index (χ2v) is 6.39. The molecule has 0 aliphatic rings. The number of hydrogen-bond donors (Lipinski definition) is 0. The maximum absolute atomic E-state index is 4.99. The summed E-state index contributed by atoms with van der Waals surface area (Å²) in [4.78, 5) is 9.65. The lowest BCUT2D eigenvalue weighted by Crippen LogP contribution is -1.94. The molecule has 0 saturated heterocycles. The average molecular weight is 319 g/mol. The molecule has 25 heavy (non-hydrogen) atoms. The molecule has 0 aliphatic heterocycles. The topological polar surface area (TPSA) is 30.2 Å². The number of nitrogens with zero attached hydrogens (tertiary/aromatic N) is 3. The lowest BCUT2D eigenvalue weighted by molar-refractivity contribution is 1.21. The first-order chi connectivity index (χ1) is 12.4. The summed E-state index contributed by atoms with van der Waals surface area (Å²) in [5.74, 6) is 0. The maximum atomic E-state index is 4.99. The molecule has 0 atom stereocenters. The van der Waals surface area contributed by atoms with E-state index in [4.69, 9.17) is 4.98 Å². The van der Waals surface area contributed by atoms with Crippen molar-refractivity contribution in [1.82, 2.24) is 14.4 Å². The van der Waals surface area contributed by atoms with Crippen LogP contribution in [-0.4, -0.2) is 14.4 Å². The molecule has 4 heterocycles. The maximum Gasteiger partial charge on any atom is 0.146 e. The molecular weight excluding hydrogens is 306 g/mol. The van der Waals surface area contributed by atoms with Crippen molar-refractivity contribution in [3.8, 4) is 0 Å². The Balaban J connectivity index is 2.03. The zero-order valence-corrected chi connectivity index (χ0v) is 13.3. The van der Waals surface area contributed by atoms with Crippen molar-refractivity contribution in [2.75, 3.05) is 0 Å². The fourth-order valence-electron chi connectivity index (χ4n) is 3.88. The van der Waals surface area contributed by atoms with Crippen LogP contribution in [0, 0.1) is 0 Å². The van der Waals surface area contributed by atoms with E-state index in [1.165, 1.54) is 21.7 Å². The zero-order chi connectivity index (χ0) is 16.4. The lowest BCUT2D eigenvalue weighted by Gasteiger charge is -2.09. The number of hydrogen-bond acceptors (Lipinski definition) is 2. The van der Waals surface area contributed by atoms with Gasteiger partial charge in [-0.3, -0.25) is 4.40 Å². The van der Waals surface area contributed by atoms with E-state index in [0.717, 1.165) is 27.5 Å². The van der Waals surface area contributed by atoms with E-state index < -0.39 is 0 Å². The van der Waals surface area contributed by atoms with Gasteiger partial charge in [-0.15, -0.1) is 0 Å². The molecule has 0 bridgehead atoms. The molecule has 6 rings (SSSR count). The van der Waals surface area contributed by atoms with E-state index in [2.05, 4.69) is 70.2 Å². The van der Waals surface area contributed by atoms with Crippen LogP contribution >= 0.6 is 0 Å². The van der Waals surface area contributed by atoms with Crippen molar-refractivity contribution >= 4 is 49.1 Å². The van der Waals surface area contributed by atoms with Crippen LogP contribution in [0.5, 0.6) is 0 Å². The van der Waals surface area contributed by atoms with Crippen LogP contribution in [0.15, 0.2) is 79.1 Å². The molecule has 0 saturated carbocycles. The molecule has 0 fully saturated rings. The van der Waals surface area contributed by atoms with Gasteiger partial charge in [-0.05, 0) is 24.3 Å². The van der Waals surface area contributed by atoms with Gasteiger partial charge in [0.2, 0.25) is 0 Å². The van der Waals surface area contributed by atoms with Gasteiger partial charge in [-0.1, -0.05) is 42.5 Å². The number of pyridine rings is 3. The first-order valence-corrected chi connectivity index (χ1v) is 8.36. The molecule has 0 radical (unpaired) electrons. The number of aromatic nitrogens is 3. The minimum Gasteiger partial charge on any atom is -0.299 e. The van der Waals surface area contributed by atoms with Gasteiger partial charge < -0.3 is 0 Å². The lowest BCUT2D eigenvalue weighted by atomic mass is 10.1. The Morgan fingerprint density at radius 1 is 0.720 bits per heavy atom. The first-order valence-electron chi connectivity index (χ1n) is 8.36. The summed E-state index contributed by atoms with van der Waals surface area (Å²) < 4.78 is 2.21. The normalized spacial score (nSPS) is 12.0. The van der Waals surface area contributed by atoms with Gasteiger partial charge >= 0.3 is 0 Å². The summed E-state index contributed by atoms with van der Waals surface area (Å²) in [6.45, 7) is 0. The first kappa shape index (κ1) is 12.9. The van der Waals surface area contributed by atoms with Gasteiger partial charge in [0, 0.05) is 39.3 Å². The fourth-order valence-corrected chi connectivity index (χ4v) is 3.88. The Morgan fingerprint density at radius 3 is 2.48 bits per heavy atom. The molecule has 6 aromatic rings. The summed E-state index contributed by atoms with van der Waals surface area (Å²) in [6, 6.07) is 23.1. The summed E-state index contributed by atoms with van der Waals surface area (Å²) in [6.07, 6.45) is 4.02. The summed E-state index contributed by atoms with van der Waals surface area (Å²) in [5.41, 5.74) is 4.15. The number of para-hydroxylation sites is 1. The summed E-state index contributed by atoms with van der Waals surface area (Å²) in [7, 11) is 0. The fraction of sp³-hybridized carbons (Fsp3) is 0. The van der Waals surface area contributed by atoms with Crippen LogP contribution in [0.4, 0.5) is 0 Å². The second kappa shape index (κ2) is 4.54. The highest BCUT2D eigenvalue weighted by molar-refractivity contribution is 6.19. The highest BCUT2D eigenvalue weighted by Gasteiger charge is 2.14. The van der Waals surface area contributed by atoms with E-state index in [1.807, 2.05) is 18.3 Å². The Labute approximate surface area is 143 Å². The van der Waals surface area contributed by atoms with E-state index in [-0.39, 0.29) is 0 Å². The zero-order valence-electron chi connectivity index (χ0n) is 13.3. The monoisotopic (exact) mass is 319 g/mol. The van der Waals surface area contributed by atoms with E-state index >= 15 is 0 Å². The Hall–Kier alpha value is -3.46. The van der Waals surface area contributed by atoms with Crippen molar-refractivity contribution in [2.24, 2.45) is 0 Å². The third-order valence-corrected chi connectivity index (χ3v) is 4.97. The van der Waals surface area contributed by atoms with Crippen molar-refractivity contribution < 1.29 is 0 Å². The SMILES string of the molecule is c1ccc2nc3c4cccnc4n4cc5ccccc5c4c3cc2c1. The largest absolute Gasteiger partial charge is 0.299 e. The van der Waals surface area contributed by atoms with Crippen LogP contribution in [0.2, 0.25) is 0 Å². The third kappa shape index (κ3) is 1.64. The standard InChI is InChI=1S/C22H13N3/c1-3-8-16-15(7-1)13-25-21(16)18-12-14-6-2-4-10-19(14)24-20(18)17-9-5-11-23-22(17)25/h1-13H. The van der Waals surface area contributed by atoms with Crippen LogP contribution in [0.1, 0.15) is 0 Å². The van der Waals surface area contributed by atoms with Crippen molar-refractivity contribution in [1.29, 1.82) is 0 Å². The predicted octanol–water partition coefficient (Wildman–Crippen LogP) is 5.34. The molecule has 0 spiro atoms. The smallest absolute Gasteiger partial charge is 0.146 e. The third-order valence-electron chi connectivity index (χ3n) is 4.97.